The van der Waals surface area contributed by atoms with Crippen molar-refractivity contribution in [1.82, 2.24) is 15.2 Å². The Bertz CT molecular complexity index is 635. The van der Waals surface area contributed by atoms with E-state index in [9.17, 15) is 26.4 Å². The lowest BCUT2D eigenvalue weighted by Crippen LogP contribution is -2.24. The zero-order valence-corrected chi connectivity index (χ0v) is 12.3. The van der Waals surface area contributed by atoms with E-state index >= 15 is 0 Å². The first kappa shape index (κ1) is 16.7. The van der Waals surface area contributed by atoms with Crippen molar-refractivity contribution in [3.8, 4) is 0 Å². The average Bonchev–Trinajstić information content (AvgIpc) is 3.06. The number of carbonyl (C=O) groups is 1. The molecule has 1 saturated carbocycles. The summed E-state index contributed by atoms with van der Waals surface area (Å²) in [6.07, 6.45) is -2.13. The number of hydrogen-bond acceptors (Lipinski definition) is 5. The fourth-order valence-corrected chi connectivity index (χ4v) is 4.14. The van der Waals surface area contributed by atoms with Crippen molar-refractivity contribution < 1.29 is 26.4 Å². The number of carbonyl (C=O) groups excluding carboxylic acids is 1. The maximum atomic E-state index is 12.3. The van der Waals surface area contributed by atoms with Gasteiger partial charge in [-0.05, 0) is 12.8 Å². The van der Waals surface area contributed by atoms with Crippen LogP contribution in [0.2, 0.25) is 0 Å². The van der Waals surface area contributed by atoms with Gasteiger partial charge in [0.05, 0.1) is 11.0 Å². The van der Waals surface area contributed by atoms with Gasteiger partial charge in [-0.3, -0.25) is 15.2 Å². The number of H-pyrrole nitrogens is 1. The number of amides is 1. The summed E-state index contributed by atoms with van der Waals surface area (Å²) in [6, 6.07) is 0. The monoisotopic (exact) mass is 340 g/mol. The first-order chi connectivity index (χ1) is 10.2. The molecule has 0 unspecified atom stereocenters. The summed E-state index contributed by atoms with van der Waals surface area (Å²) in [5, 5.41) is 6.48. The number of nitrogens with one attached hydrogen (secondary N) is 2. The fourth-order valence-electron chi connectivity index (χ4n) is 2.28. The third kappa shape index (κ3) is 4.18. The summed E-state index contributed by atoms with van der Waals surface area (Å²) in [7, 11) is -3.35. The topological polar surface area (TPSA) is 105 Å². The number of sulfone groups is 1. The predicted molar refractivity (Wildman–Crippen MR) is 70.7 cm³/mol. The minimum atomic E-state index is -4.69. The second-order valence-electron chi connectivity index (χ2n) is 5.08. The van der Waals surface area contributed by atoms with E-state index in [4.69, 9.17) is 0 Å². The van der Waals surface area contributed by atoms with Gasteiger partial charge in [0.2, 0.25) is 17.7 Å². The van der Waals surface area contributed by atoms with Gasteiger partial charge in [-0.15, -0.1) is 5.10 Å². The van der Waals surface area contributed by atoms with Crippen molar-refractivity contribution in [3.63, 3.8) is 0 Å². The highest BCUT2D eigenvalue weighted by Gasteiger charge is 2.35. The molecule has 0 atom stereocenters. The lowest BCUT2D eigenvalue weighted by Gasteiger charge is -2.10. The van der Waals surface area contributed by atoms with E-state index < -0.39 is 38.9 Å². The summed E-state index contributed by atoms with van der Waals surface area (Å²) >= 11 is 0. The van der Waals surface area contributed by atoms with Crippen molar-refractivity contribution in [2.45, 2.75) is 43.5 Å². The molecular weight excluding hydrogens is 325 g/mol. The second kappa shape index (κ2) is 6.23. The van der Waals surface area contributed by atoms with Crippen LogP contribution in [-0.2, 0) is 20.8 Å². The number of aromatic amines is 1. The van der Waals surface area contributed by atoms with Crippen LogP contribution in [0, 0.1) is 0 Å². The Kier molecular flexibility index (Phi) is 4.73. The summed E-state index contributed by atoms with van der Waals surface area (Å²) in [4.78, 5) is 14.7. The molecule has 1 amide bonds. The number of alkyl halides is 3. The third-order valence-corrected chi connectivity index (χ3v) is 5.69. The first-order valence-electron chi connectivity index (χ1n) is 6.69. The fraction of sp³-hybridized carbons (Fsp3) is 0.727. The van der Waals surface area contributed by atoms with Gasteiger partial charge in [-0.25, -0.2) is 8.42 Å². The molecule has 22 heavy (non-hydrogen) atoms. The van der Waals surface area contributed by atoms with E-state index in [1.807, 2.05) is 5.32 Å². The van der Waals surface area contributed by atoms with Gasteiger partial charge in [-0.1, -0.05) is 12.8 Å². The van der Waals surface area contributed by atoms with Crippen LogP contribution in [0.25, 0.3) is 0 Å². The van der Waals surface area contributed by atoms with Crippen LogP contribution in [0.15, 0.2) is 0 Å². The Balaban J connectivity index is 1.87. The lowest BCUT2D eigenvalue weighted by atomic mass is 10.4. The van der Waals surface area contributed by atoms with Crippen LogP contribution in [0.4, 0.5) is 19.1 Å². The van der Waals surface area contributed by atoms with Crippen LogP contribution >= 0.6 is 0 Å². The zero-order chi connectivity index (χ0) is 16.4. The highest BCUT2D eigenvalue weighted by molar-refractivity contribution is 7.92. The molecule has 0 radical (unpaired) electrons. The van der Waals surface area contributed by atoms with Crippen molar-refractivity contribution in [2.24, 2.45) is 0 Å². The molecule has 1 aromatic rings. The minimum Gasteiger partial charge on any atom is -0.293 e. The molecule has 2 N–H and O–H groups in total. The molecule has 0 saturated heterocycles. The van der Waals surface area contributed by atoms with Crippen LogP contribution in [0.1, 0.15) is 37.9 Å². The molecule has 124 valence electrons. The standard InChI is InChI=1S/C11H15F3N4O3S/c12-11(13,14)9-16-10(18-17-9)15-8(19)5-6-22(20,21)7-3-1-2-4-7/h7H,1-6H2,(H2,15,16,17,18,19). The number of anilines is 1. The van der Waals surface area contributed by atoms with E-state index in [0.29, 0.717) is 12.8 Å². The molecule has 0 bridgehead atoms. The molecule has 1 aliphatic rings. The molecule has 1 aliphatic carbocycles. The van der Waals surface area contributed by atoms with E-state index in [2.05, 4.69) is 10.1 Å². The van der Waals surface area contributed by atoms with Gasteiger partial charge in [0.25, 0.3) is 0 Å². The Morgan fingerprint density at radius 1 is 1.32 bits per heavy atom. The quantitative estimate of drug-likeness (QED) is 0.845. The molecule has 11 heteroatoms. The largest absolute Gasteiger partial charge is 0.451 e. The van der Waals surface area contributed by atoms with Gasteiger partial charge in [-0.2, -0.15) is 18.2 Å². The van der Waals surface area contributed by atoms with Crippen LogP contribution in [-0.4, -0.2) is 40.5 Å². The van der Waals surface area contributed by atoms with Crippen molar-refractivity contribution >= 4 is 21.7 Å². The highest BCUT2D eigenvalue weighted by atomic mass is 32.2. The first-order valence-corrected chi connectivity index (χ1v) is 8.41. The Morgan fingerprint density at radius 2 is 1.95 bits per heavy atom. The van der Waals surface area contributed by atoms with Crippen LogP contribution in [0.5, 0.6) is 0 Å². The van der Waals surface area contributed by atoms with Gasteiger partial charge in [0.1, 0.15) is 0 Å². The number of nitrogens with zero attached hydrogens (tertiary/aromatic N) is 2. The Labute approximate surface area is 124 Å². The van der Waals surface area contributed by atoms with Crippen molar-refractivity contribution in [1.29, 1.82) is 0 Å². The number of rotatable bonds is 5. The van der Waals surface area contributed by atoms with E-state index in [1.54, 1.807) is 5.10 Å². The number of hydrogen-bond donors (Lipinski definition) is 2. The van der Waals surface area contributed by atoms with E-state index in [-0.39, 0.29) is 12.2 Å². The van der Waals surface area contributed by atoms with Gasteiger partial charge < -0.3 is 0 Å². The van der Waals surface area contributed by atoms with Gasteiger partial charge in [0, 0.05) is 6.42 Å². The van der Waals surface area contributed by atoms with E-state index in [1.165, 1.54) is 0 Å². The Morgan fingerprint density at radius 3 is 2.50 bits per heavy atom. The predicted octanol–water partition coefficient (Wildman–Crippen LogP) is 1.51. The molecule has 0 aromatic carbocycles. The van der Waals surface area contributed by atoms with Gasteiger partial charge >= 0.3 is 6.18 Å². The Hall–Kier alpha value is -1.65. The summed E-state index contributed by atoms with van der Waals surface area (Å²) in [5.74, 6) is -2.94. The van der Waals surface area contributed by atoms with E-state index in [0.717, 1.165) is 12.8 Å². The molecule has 1 fully saturated rings. The summed E-state index contributed by atoms with van der Waals surface area (Å²) in [6.45, 7) is 0. The summed E-state index contributed by atoms with van der Waals surface area (Å²) < 4.78 is 60.8. The number of halogens is 3. The molecule has 0 spiro atoms. The van der Waals surface area contributed by atoms with Crippen LogP contribution < -0.4 is 5.32 Å². The summed E-state index contributed by atoms with van der Waals surface area (Å²) in [5.41, 5.74) is 0. The zero-order valence-electron chi connectivity index (χ0n) is 11.5. The maximum Gasteiger partial charge on any atom is 0.451 e. The number of aromatic nitrogens is 3. The normalized spacial score (nSPS) is 16.9. The lowest BCUT2D eigenvalue weighted by molar-refractivity contribution is -0.144. The molecule has 7 nitrogen and oxygen atoms in total. The molecular formula is C11H15F3N4O3S. The molecule has 1 heterocycles. The SMILES string of the molecule is O=C(CCS(=O)(=O)C1CCCC1)Nc1n[nH]c(C(F)(F)F)n1. The minimum absolute atomic E-state index is 0.333. The van der Waals surface area contributed by atoms with Crippen LogP contribution in [0.3, 0.4) is 0 Å². The molecule has 0 aliphatic heterocycles. The van der Waals surface area contributed by atoms with Crippen molar-refractivity contribution in [2.75, 3.05) is 11.1 Å². The smallest absolute Gasteiger partial charge is 0.293 e. The second-order valence-corrected chi connectivity index (χ2v) is 7.48. The molecule has 2 rings (SSSR count). The average molecular weight is 340 g/mol. The maximum absolute atomic E-state index is 12.3. The van der Waals surface area contributed by atoms with Crippen molar-refractivity contribution in [3.05, 3.63) is 5.82 Å². The van der Waals surface area contributed by atoms with Gasteiger partial charge in [0.15, 0.2) is 9.84 Å². The molecule has 1 aromatic heterocycles. The highest BCUT2D eigenvalue weighted by Crippen LogP contribution is 2.27. The third-order valence-electron chi connectivity index (χ3n) is 3.43.